The molecule has 0 saturated carbocycles. The molecule has 5 aromatic rings. The number of hydrogen-bond donors (Lipinski definition) is 0. The summed E-state index contributed by atoms with van der Waals surface area (Å²) < 4.78 is 2.35. The molecule has 0 radical (unpaired) electrons. The third-order valence-electron chi connectivity index (χ3n) is 5.80. The van der Waals surface area contributed by atoms with Crippen molar-refractivity contribution in [3.8, 4) is 11.3 Å². The molecular formula is C26H24N2. The van der Waals surface area contributed by atoms with Gasteiger partial charge in [0.2, 0.25) is 0 Å². The first-order chi connectivity index (χ1) is 13.6. The minimum Gasteiger partial charge on any atom is -0.292 e. The number of benzene rings is 3. The first-order valence-electron chi connectivity index (χ1n) is 9.94. The van der Waals surface area contributed by atoms with Crippen LogP contribution in [0.1, 0.15) is 36.5 Å². The number of nitrogens with zero attached hydrogens (tertiary/aromatic N) is 2. The van der Waals surface area contributed by atoms with Gasteiger partial charge in [0.05, 0.1) is 17.4 Å². The van der Waals surface area contributed by atoms with E-state index in [1.807, 2.05) is 0 Å². The number of pyridine rings is 1. The molecule has 0 aliphatic rings. The second-order valence-corrected chi connectivity index (χ2v) is 8.06. The molecule has 0 fully saturated rings. The van der Waals surface area contributed by atoms with E-state index in [9.17, 15) is 0 Å². The molecule has 2 aromatic heterocycles. The minimum atomic E-state index is 0.453. The Balaban J connectivity index is 2.02. The molecule has 0 aliphatic carbocycles. The predicted octanol–water partition coefficient (Wildman–Crippen LogP) is 7.05. The van der Waals surface area contributed by atoms with Gasteiger partial charge in [0.1, 0.15) is 5.65 Å². The van der Waals surface area contributed by atoms with Crippen molar-refractivity contribution in [2.45, 2.75) is 33.6 Å². The van der Waals surface area contributed by atoms with Crippen LogP contribution in [0.15, 0.2) is 66.9 Å². The van der Waals surface area contributed by atoms with Crippen LogP contribution in [-0.2, 0) is 0 Å². The number of rotatable bonds is 2. The Kier molecular flexibility index (Phi) is 3.77. The topological polar surface area (TPSA) is 17.3 Å². The Morgan fingerprint density at radius 1 is 0.821 bits per heavy atom. The summed E-state index contributed by atoms with van der Waals surface area (Å²) in [5, 5.41) is 3.74. The van der Waals surface area contributed by atoms with Crippen LogP contribution >= 0.6 is 0 Å². The first kappa shape index (κ1) is 17.0. The monoisotopic (exact) mass is 364 g/mol. The van der Waals surface area contributed by atoms with Gasteiger partial charge in [-0.15, -0.1) is 0 Å². The molecule has 0 amide bonds. The maximum Gasteiger partial charge on any atom is 0.145 e. The fourth-order valence-corrected chi connectivity index (χ4v) is 4.46. The van der Waals surface area contributed by atoms with Crippen molar-refractivity contribution in [3.05, 3.63) is 83.6 Å². The highest BCUT2D eigenvalue weighted by atomic mass is 15.0. The van der Waals surface area contributed by atoms with Crippen LogP contribution in [0.4, 0.5) is 0 Å². The van der Waals surface area contributed by atoms with Crippen molar-refractivity contribution < 1.29 is 0 Å². The molecule has 28 heavy (non-hydrogen) atoms. The minimum absolute atomic E-state index is 0.453. The number of hydrogen-bond acceptors (Lipinski definition) is 1. The summed E-state index contributed by atoms with van der Waals surface area (Å²) >= 11 is 0. The maximum absolute atomic E-state index is 4.90. The SMILES string of the molecule is Cc1ccc2c(c1)c1ccccc1c1ncc(-c3c(C)cccc3C(C)C)n21. The predicted molar refractivity (Wildman–Crippen MR) is 119 cm³/mol. The number of aryl methyl sites for hydroxylation is 2. The van der Waals surface area contributed by atoms with E-state index in [1.165, 1.54) is 49.6 Å². The summed E-state index contributed by atoms with van der Waals surface area (Å²) in [6.45, 7) is 8.89. The summed E-state index contributed by atoms with van der Waals surface area (Å²) in [4.78, 5) is 4.90. The lowest BCUT2D eigenvalue weighted by molar-refractivity contribution is 0.866. The molecule has 0 aliphatic heterocycles. The molecule has 138 valence electrons. The van der Waals surface area contributed by atoms with Gasteiger partial charge in [0.25, 0.3) is 0 Å². The average Bonchev–Trinajstić information content (AvgIpc) is 3.12. The van der Waals surface area contributed by atoms with E-state index in [4.69, 9.17) is 4.98 Å². The van der Waals surface area contributed by atoms with Gasteiger partial charge >= 0.3 is 0 Å². The van der Waals surface area contributed by atoms with Crippen LogP contribution in [0.5, 0.6) is 0 Å². The van der Waals surface area contributed by atoms with Gasteiger partial charge in [-0.3, -0.25) is 4.40 Å². The molecule has 0 saturated heterocycles. The molecule has 0 bridgehead atoms. The lowest BCUT2D eigenvalue weighted by Crippen LogP contribution is -1.99. The van der Waals surface area contributed by atoms with Crippen molar-refractivity contribution >= 4 is 27.3 Å². The van der Waals surface area contributed by atoms with E-state index >= 15 is 0 Å². The smallest absolute Gasteiger partial charge is 0.145 e. The molecule has 3 aromatic carbocycles. The van der Waals surface area contributed by atoms with E-state index in [0.29, 0.717) is 5.92 Å². The van der Waals surface area contributed by atoms with Crippen molar-refractivity contribution in [3.63, 3.8) is 0 Å². The van der Waals surface area contributed by atoms with Crippen molar-refractivity contribution in [1.82, 2.24) is 9.38 Å². The Bertz CT molecular complexity index is 1360. The Morgan fingerprint density at radius 2 is 1.61 bits per heavy atom. The van der Waals surface area contributed by atoms with Crippen molar-refractivity contribution in [2.24, 2.45) is 0 Å². The van der Waals surface area contributed by atoms with E-state index in [-0.39, 0.29) is 0 Å². The second kappa shape index (κ2) is 6.20. The van der Waals surface area contributed by atoms with Crippen LogP contribution < -0.4 is 0 Å². The molecule has 2 heterocycles. The molecular weight excluding hydrogens is 340 g/mol. The van der Waals surface area contributed by atoms with Crippen molar-refractivity contribution in [1.29, 1.82) is 0 Å². The van der Waals surface area contributed by atoms with Gasteiger partial charge in [0.15, 0.2) is 0 Å². The number of fused-ring (bicyclic) bond motifs is 6. The van der Waals surface area contributed by atoms with Crippen molar-refractivity contribution in [2.75, 3.05) is 0 Å². The normalized spacial score (nSPS) is 11.9. The van der Waals surface area contributed by atoms with E-state index < -0.39 is 0 Å². The Morgan fingerprint density at radius 3 is 2.39 bits per heavy atom. The summed E-state index contributed by atoms with van der Waals surface area (Å²) in [6.07, 6.45) is 2.05. The molecule has 5 rings (SSSR count). The van der Waals surface area contributed by atoms with Crippen LogP contribution in [-0.4, -0.2) is 9.38 Å². The van der Waals surface area contributed by atoms with Gasteiger partial charge in [-0.05, 0) is 48.4 Å². The van der Waals surface area contributed by atoms with E-state index in [1.54, 1.807) is 0 Å². The van der Waals surface area contributed by atoms with Gasteiger partial charge in [0, 0.05) is 16.3 Å². The average molecular weight is 364 g/mol. The lowest BCUT2D eigenvalue weighted by Gasteiger charge is -2.17. The van der Waals surface area contributed by atoms with Crippen LogP contribution in [0.25, 0.3) is 38.6 Å². The Labute approximate surface area is 165 Å². The largest absolute Gasteiger partial charge is 0.292 e. The standard InChI is InChI=1S/C26H24N2/c1-16(2)19-11-7-8-18(4)25(19)24-15-27-26-21-10-6-5-9-20(21)22-14-17(3)12-13-23(22)28(24)26/h5-16H,1-4H3. The third kappa shape index (κ3) is 2.37. The van der Waals surface area contributed by atoms with E-state index in [0.717, 1.165) is 5.65 Å². The summed E-state index contributed by atoms with van der Waals surface area (Å²) in [6, 6.07) is 22.0. The molecule has 0 spiro atoms. The van der Waals surface area contributed by atoms with Gasteiger partial charge in [-0.1, -0.05) is 67.9 Å². The van der Waals surface area contributed by atoms with Gasteiger partial charge in [-0.2, -0.15) is 0 Å². The second-order valence-electron chi connectivity index (χ2n) is 8.06. The number of aromatic nitrogens is 2. The third-order valence-corrected chi connectivity index (χ3v) is 5.80. The first-order valence-corrected chi connectivity index (χ1v) is 9.94. The fourth-order valence-electron chi connectivity index (χ4n) is 4.46. The van der Waals surface area contributed by atoms with E-state index in [2.05, 4.69) is 99.0 Å². The highest BCUT2D eigenvalue weighted by Crippen LogP contribution is 2.37. The molecule has 0 atom stereocenters. The zero-order valence-electron chi connectivity index (χ0n) is 16.8. The summed E-state index contributed by atoms with van der Waals surface area (Å²) in [5.74, 6) is 0.453. The van der Waals surface area contributed by atoms with Crippen LogP contribution in [0.2, 0.25) is 0 Å². The molecule has 0 unspecified atom stereocenters. The number of imidazole rings is 1. The Hall–Kier alpha value is -3.13. The van der Waals surface area contributed by atoms with Gasteiger partial charge < -0.3 is 0 Å². The summed E-state index contributed by atoms with van der Waals surface area (Å²) in [7, 11) is 0. The van der Waals surface area contributed by atoms with Crippen LogP contribution in [0.3, 0.4) is 0 Å². The molecule has 0 N–H and O–H groups in total. The lowest BCUT2D eigenvalue weighted by atomic mass is 9.92. The highest BCUT2D eigenvalue weighted by Gasteiger charge is 2.18. The maximum atomic E-state index is 4.90. The summed E-state index contributed by atoms with van der Waals surface area (Å²) in [5.41, 5.74) is 8.66. The van der Waals surface area contributed by atoms with Crippen LogP contribution in [0, 0.1) is 13.8 Å². The quantitative estimate of drug-likeness (QED) is 0.307. The van der Waals surface area contributed by atoms with Gasteiger partial charge in [-0.25, -0.2) is 4.98 Å². The zero-order valence-corrected chi connectivity index (χ0v) is 16.8. The molecule has 2 heteroatoms. The highest BCUT2D eigenvalue weighted by molar-refractivity contribution is 6.12. The zero-order chi connectivity index (χ0) is 19.4. The molecule has 2 nitrogen and oxygen atoms in total. The fraction of sp³-hybridized carbons (Fsp3) is 0.192.